The van der Waals surface area contributed by atoms with Gasteiger partial charge in [-0.1, -0.05) is 13.8 Å². The number of fused-ring (bicyclic) bond motifs is 1. The van der Waals surface area contributed by atoms with Gasteiger partial charge in [0, 0.05) is 12.0 Å². The molecule has 0 saturated heterocycles. The van der Waals surface area contributed by atoms with Gasteiger partial charge in [0.25, 0.3) is 0 Å². The quantitative estimate of drug-likeness (QED) is 0.891. The molecule has 0 spiro atoms. The Hall–Kier alpha value is -1.22. The molecule has 0 bridgehead atoms. The fraction of sp³-hybridized carbons (Fsp3) is 0.600. The van der Waals surface area contributed by atoms with Gasteiger partial charge < -0.3 is 14.6 Å². The van der Waals surface area contributed by atoms with Crippen molar-refractivity contribution in [1.82, 2.24) is 0 Å². The molecule has 1 N–H and O–H groups in total. The van der Waals surface area contributed by atoms with Crippen LogP contribution in [0, 0.1) is 5.92 Å². The second-order valence-electron chi connectivity index (χ2n) is 4.89. The third kappa shape index (κ3) is 2.46. The minimum Gasteiger partial charge on any atom is -0.497 e. The van der Waals surface area contributed by atoms with Crippen LogP contribution in [-0.2, 0) is 0 Å². The van der Waals surface area contributed by atoms with Crippen LogP contribution in [0.25, 0.3) is 0 Å². The largest absolute Gasteiger partial charge is 0.497 e. The van der Waals surface area contributed by atoms with Crippen molar-refractivity contribution in [1.29, 1.82) is 0 Å². The monoisotopic (exact) mass is 250 g/mol. The number of hydrogen-bond acceptors (Lipinski definition) is 3. The van der Waals surface area contributed by atoms with E-state index in [1.165, 1.54) is 0 Å². The average Bonchev–Trinajstić information content (AvgIpc) is 2.40. The zero-order valence-electron chi connectivity index (χ0n) is 11.3. The standard InChI is InChI=1S/C15H22O3/c1-4-10(5-2)15-9-13(16)12-8-11(17-3)6-7-14(12)18-15/h6-8,10,13,15-16H,4-5,9H2,1-3H3. The maximum atomic E-state index is 10.3. The number of aliphatic hydroxyl groups is 1. The van der Waals surface area contributed by atoms with Gasteiger partial charge in [0.2, 0.25) is 0 Å². The van der Waals surface area contributed by atoms with E-state index in [2.05, 4.69) is 13.8 Å². The van der Waals surface area contributed by atoms with Crippen molar-refractivity contribution < 1.29 is 14.6 Å². The lowest BCUT2D eigenvalue weighted by Crippen LogP contribution is -2.32. The third-order valence-corrected chi connectivity index (χ3v) is 3.88. The Morgan fingerprint density at radius 2 is 2.11 bits per heavy atom. The van der Waals surface area contributed by atoms with Gasteiger partial charge in [-0.3, -0.25) is 0 Å². The van der Waals surface area contributed by atoms with Crippen LogP contribution in [0.2, 0.25) is 0 Å². The lowest BCUT2D eigenvalue weighted by molar-refractivity contribution is 0.0315. The molecule has 0 saturated carbocycles. The molecule has 1 aromatic carbocycles. The molecule has 2 rings (SSSR count). The Morgan fingerprint density at radius 1 is 1.39 bits per heavy atom. The van der Waals surface area contributed by atoms with Crippen LogP contribution in [0.4, 0.5) is 0 Å². The number of ether oxygens (including phenoxy) is 2. The van der Waals surface area contributed by atoms with Crippen molar-refractivity contribution in [2.45, 2.75) is 45.3 Å². The highest BCUT2D eigenvalue weighted by Crippen LogP contribution is 2.39. The molecule has 2 unspecified atom stereocenters. The number of hydrogen-bond donors (Lipinski definition) is 1. The number of methoxy groups -OCH3 is 1. The van der Waals surface area contributed by atoms with Crippen LogP contribution < -0.4 is 9.47 Å². The fourth-order valence-corrected chi connectivity index (χ4v) is 2.68. The smallest absolute Gasteiger partial charge is 0.125 e. The Labute approximate surface area is 109 Å². The van der Waals surface area contributed by atoms with Gasteiger partial charge in [-0.05, 0) is 37.0 Å². The van der Waals surface area contributed by atoms with E-state index in [1.807, 2.05) is 18.2 Å². The first-order chi connectivity index (χ1) is 8.69. The van der Waals surface area contributed by atoms with Gasteiger partial charge in [0.1, 0.15) is 17.6 Å². The summed E-state index contributed by atoms with van der Waals surface area (Å²) in [6, 6.07) is 5.63. The van der Waals surface area contributed by atoms with Crippen LogP contribution >= 0.6 is 0 Å². The first-order valence-corrected chi connectivity index (χ1v) is 6.72. The van der Waals surface area contributed by atoms with E-state index in [-0.39, 0.29) is 6.10 Å². The maximum Gasteiger partial charge on any atom is 0.125 e. The summed E-state index contributed by atoms with van der Waals surface area (Å²) in [5, 5.41) is 10.3. The molecule has 1 heterocycles. The third-order valence-electron chi connectivity index (χ3n) is 3.88. The highest BCUT2D eigenvalue weighted by molar-refractivity contribution is 5.43. The number of rotatable bonds is 4. The summed E-state index contributed by atoms with van der Waals surface area (Å²) in [6.45, 7) is 4.35. The normalized spacial score (nSPS) is 22.5. The molecule has 3 nitrogen and oxygen atoms in total. The molecular weight excluding hydrogens is 228 g/mol. The molecule has 100 valence electrons. The van der Waals surface area contributed by atoms with Crippen molar-refractivity contribution in [3.63, 3.8) is 0 Å². The molecule has 2 atom stereocenters. The minimum absolute atomic E-state index is 0.121. The van der Waals surface area contributed by atoms with Crippen LogP contribution in [-0.4, -0.2) is 18.3 Å². The summed E-state index contributed by atoms with van der Waals surface area (Å²) in [4.78, 5) is 0. The Balaban J connectivity index is 2.23. The molecule has 1 aromatic rings. The first-order valence-electron chi connectivity index (χ1n) is 6.72. The van der Waals surface area contributed by atoms with Gasteiger partial charge >= 0.3 is 0 Å². The highest BCUT2D eigenvalue weighted by atomic mass is 16.5. The Kier molecular flexibility index (Phi) is 4.12. The van der Waals surface area contributed by atoms with Crippen molar-refractivity contribution in [3.05, 3.63) is 23.8 Å². The van der Waals surface area contributed by atoms with Gasteiger partial charge in [-0.2, -0.15) is 0 Å². The summed E-state index contributed by atoms with van der Waals surface area (Å²) in [7, 11) is 1.63. The average molecular weight is 250 g/mol. The lowest BCUT2D eigenvalue weighted by atomic mass is 9.88. The topological polar surface area (TPSA) is 38.7 Å². The Bertz CT molecular complexity index is 399. The van der Waals surface area contributed by atoms with Crippen LogP contribution in [0.15, 0.2) is 18.2 Å². The molecule has 0 aliphatic carbocycles. The Morgan fingerprint density at radius 3 is 2.72 bits per heavy atom. The summed E-state index contributed by atoms with van der Waals surface area (Å²) in [6.07, 6.45) is 2.51. The summed E-state index contributed by atoms with van der Waals surface area (Å²) in [5.41, 5.74) is 0.844. The molecule has 3 heteroatoms. The predicted molar refractivity (Wildman–Crippen MR) is 71.1 cm³/mol. The van der Waals surface area contributed by atoms with E-state index >= 15 is 0 Å². The molecule has 0 aromatic heterocycles. The number of aliphatic hydroxyl groups excluding tert-OH is 1. The maximum absolute atomic E-state index is 10.3. The van der Waals surface area contributed by atoms with E-state index in [4.69, 9.17) is 9.47 Å². The second kappa shape index (κ2) is 5.61. The zero-order chi connectivity index (χ0) is 13.1. The van der Waals surface area contributed by atoms with Crippen molar-refractivity contribution in [2.24, 2.45) is 5.92 Å². The van der Waals surface area contributed by atoms with Gasteiger partial charge in [0.05, 0.1) is 13.2 Å². The molecule has 18 heavy (non-hydrogen) atoms. The number of benzene rings is 1. The van der Waals surface area contributed by atoms with E-state index in [9.17, 15) is 5.11 Å². The molecule has 1 aliphatic rings. The molecule has 0 fully saturated rings. The summed E-state index contributed by atoms with van der Waals surface area (Å²) >= 11 is 0. The van der Waals surface area contributed by atoms with E-state index in [1.54, 1.807) is 7.11 Å². The summed E-state index contributed by atoms with van der Waals surface area (Å²) in [5.74, 6) is 2.07. The van der Waals surface area contributed by atoms with Gasteiger partial charge in [-0.25, -0.2) is 0 Å². The van der Waals surface area contributed by atoms with Crippen molar-refractivity contribution in [3.8, 4) is 11.5 Å². The van der Waals surface area contributed by atoms with Crippen molar-refractivity contribution in [2.75, 3.05) is 7.11 Å². The van der Waals surface area contributed by atoms with Gasteiger partial charge in [0.15, 0.2) is 0 Å². The van der Waals surface area contributed by atoms with Gasteiger partial charge in [-0.15, -0.1) is 0 Å². The van der Waals surface area contributed by atoms with E-state index in [0.29, 0.717) is 12.3 Å². The second-order valence-corrected chi connectivity index (χ2v) is 4.89. The molecule has 1 aliphatic heterocycles. The molecular formula is C15H22O3. The zero-order valence-corrected chi connectivity index (χ0v) is 11.3. The van der Waals surface area contributed by atoms with Crippen LogP contribution in [0.1, 0.15) is 44.8 Å². The summed E-state index contributed by atoms with van der Waals surface area (Å²) < 4.78 is 11.2. The van der Waals surface area contributed by atoms with Crippen LogP contribution in [0.5, 0.6) is 11.5 Å². The lowest BCUT2D eigenvalue weighted by Gasteiger charge is -2.34. The minimum atomic E-state index is -0.450. The van der Waals surface area contributed by atoms with E-state index < -0.39 is 6.10 Å². The molecule has 0 radical (unpaired) electrons. The molecule has 0 amide bonds. The SMILES string of the molecule is CCC(CC)C1CC(O)c2cc(OC)ccc2O1. The van der Waals surface area contributed by atoms with Crippen LogP contribution in [0.3, 0.4) is 0 Å². The van der Waals surface area contributed by atoms with Crippen molar-refractivity contribution >= 4 is 0 Å². The predicted octanol–water partition coefficient (Wildman–Crippen LogP) is 3.32. The fourth-order valence-electron chi connectivity index (χ4n) is 2.68. The van der Waals surface area contributed by atoms with E-state index in [0.717, 1.165) is 29.9 Å². The first kappa shape index (κ1) is 13.2. The highest BCUT2D eigenvalue weighted by Gasteiger charge is 2.31.